The molecule has 0 aliphatic heterocycles. The number of carbonyl (C=O) groups excluding carboxylic acids is 2. The molecule has 138 valence electrons. The normalized spacial score (nSPS) is 16.0. The fourth-order valence-electron chi connectivity index (χ4n) is 3.24. The molecule has 1 aliphatic carbocycles. The van der Waals surface area contributed by atoms with Crippen LogP contribution in [-0.2, 0) is 4.79 Å². The molecular weight excluding hydrogens is 320 g/mol. The molecule has 0 spiro atoms. The van der Waals surface area contributed by atoms with Gasteiger partial charge in [0.25, 0.3) is 5.91 Å². The third-order valence-corrected chi connectivity index (χ3v) is 4.68. The third-order valence-electron chi connectivity index (χ3n) is 4.68. The van der Waals surface area contributed by atoms with Crippen molar-refractivity contribution < 1.29 is 19.1 Å². The molecule has 2 rings (SSSR count). The summed E-state index contributed by atoms with van der Waals surface area (Å²) < 4.78 is 10.5. The van der Waals surface area contributed by atoms with Crippen molar-refractivity contribution in [1.82, 2.24) is 10.6 Å². The molecule has 1 fully saturated rings. The Hall–Kier alpha value is -2.24. The third kappa shape index (κ3) is 4.44. The van der Waals surface area contributed by atoms with Crippen LogP contribution in [0.15, 0.2) is 18.2 Å². The van der Waals surface area contributed by atoms with E-state index in [9.17, 15) is 9.59 Å². The molecule has 0 bridgehead atoms. The quantitative estimate of drug-likeness (QED) is 0.794. The van der Waals surface area contributed by atoms with Gasteiger partial charge in [0.15, 0.2) is 11.5 Å². The highest BCUT2D eigenvalue weighted by atomic mass is 16.5. The monoisotopic (exact) mass is 348 g/mol. The summed E-state index contributed by atoms with van der Waals surface area (Å²) in [5, 5.41) is 5.94. The van der Waals surface area contributed by atoms with E-state index in [1.807, 2.05) is 6.92 Å². The van der Waals surface area contributed by atoms with E-state index < -0.39 is 5.54 Å². The fraction of sp³-hybridized carbons (Fsp3) is 0.579. The van der Waals surface area contributed by atoms with Gasteiger partial charge in [-0.15, -0.1) is 0 Å². The van der Waals surface area contributed by atoms with Crippen molar-refractivity contribution in [3.05, 3.63) is 23.8 Å². The van der Waals surface area contributed by atoms with Crippen LogP contribution in [0, 0.1) is 0 Å². The van der Waals surface area contributed by atoms with Crippen molar-refractivity contribution in [3.63, 3.8) is 0 Å². The van der Waals surface area contributed by atoms with Gasteiger partial charge in [-0.25, -0.2) is 0 Å². The molecule has 25 heavy (non-hydrogen) atoms. The largest absolute Gasteiger partial charge is 0.493 e. The van der Waals surface area contributed by atoms with Gasteiger partial charge in [-0.05, 0) is 37.5 Å². The Morgan fingerprint density at radius 3 is 2.36 bits per heavy atom. The molecule has 1 saturated carbocycles. The van der Waals surface area contributed by atoms with Crippen LogP contribution in [0.5, 0.6) is 11.5 Å². The van der Waals surface area contributed by atoms with E-state index in [0.29, 0.717) is 36.4 Å². The van der Waals surface area contributed by atoms with E-state index in [1.165, 1.54) is 7.11 Å². The summed E-state index contributed by atoms with van der Waals surface area (Å²) in [5.74, 6) is 0.702. The number of methoxy groups -OCH3 is 2. The molecule has 0 atom stereocenters. The second-order valence-electron chi connectivity index (χ2n) is 6.42. The minimum absolute atomic E-state index is 0.0807. The van der Waals surface area contributed by atoms with Crippen molar-refractivity contribution in [1.29, 1.82) is 0 Å². The predicted molar refractivity (Wildman–Crippen MR) is 96.1 cm³/mol. The first kappa shape index (κ1) is 19.1. The highest BCUT2D eigenvalue weighted by Gasteiger charge is 2.40. The maximum absolute atomic E-state index is 12.8. The lowest BCUT2D eigenvalue weighted by atomic mass is 9.80. The summed E-state index contributed by atoms with van der Waals surface area (Å²) in [6.07, 6.45) is 5.17. The predicted octanol–water partition coefficient (Wildman–Crippen LogP) is 2.66. The molecule has 0 heterocycles. The number of ether oxygens (including phenoxy) is 2. The maximum Gasteiger partial charge on any atom is 0.252 e. The zero-order valence-electron chi connectivity index (χ0n) is 15.3. The molecule has 1 aromatic rings. The molecule has 0 radical (unpaired) electrons. The Morgan fingerprint density at radius 1 is 1.08 bits per heavy atom. The highest BCUT2D eigenvalue weighted by Crippen LogP contribution is 2.31. The first-order valence-electron chi connectivity index (χ1n) is 8.89. The summed E-state index contributed by atoms with van der Waals surface area (Å²) in [6.45, 7) is 2.63. The number of rotatable bonds is 7. The number of benzene rings is 1. The molecule has 2 amide bonds. The number of carbonyl (C=O) groups is 2. The standard InChI is InChI=1S/C19H28N2O4/c1-4-12-20-18(23)19(10-6-5-7-11-19)21-17(22)14-8-9-15(24-2)16(13-14)25-3/h8-9,13H,4-7,10-12H2,1-3H3,(H,20,23)(H,21,22). The summed E-state index contributed by atoms with van der Waals surface area (Å²) in [6, 6.07) is 5.00. The van der Waals surface area contributed by atoms with Gasteiger partial charge in [0.05, 0.1) is 14.2 Å². The fourth-order valence-corrected chi connectivity index (χ4v) is 3.24. The second-order valence-corrected chi connectivity index (χ2v) is 6.42. The molecule has 6 nitrogen and oxygen atoms in total. The number of hydrogen-bond donors (Lipinski definition) is 2. The van der Waals surface area contributed by atoms with Gasteiger partial charge in [-0.2, -0.15) is 0 Å². The zero-order valence-corrected chi connectivity index (χ0v) is 15.3. The van der Waals surface area contributed by atoms with Crippen LogP contribution < -0.4 is 20.1 Å². The molecule has 1 aromatic carbocycles. The Labute approximate surface area is 149 Å². The topological polar surface area (TPSA) is 76.7 Å². The van der Waals surface area contributed by atoms with E-state index >= 15 is 0 Å². The van der Waals surface area contributed by atoms with Gasteiger partial charge in [0.1, 0.15) is 5.54 Å². The summed E-state index contributed by atoms with van der Waals surface area (Å²) >= 11 is 0. The summed E-state index contributed by atoms with van der Waals surface area (Å²) in [7, 11) is 3.08. The lowest BCUT2D eigenvalue weighted by Gasteiger charge is -2.36. The number of nitrogens with one attached hydrogen (secondary N) is 2. The van der Waals surface area contributed by atoms with Crippen molar-refractivity contribution in [3.8, 4) is 11.5 Å². The van der Waals surface area contributed by atoms with Crippen LogP contribution in [0.3, 0.4) is 0 Å². The van der Waals surface area contributed by atoms with Crippen molar-refractivity contribution in [2.75, 3.05) is 20.8 Å². The molecule has 0 saturated heterocycles. The van der Waals surface area contributed by atoms with Crippen LogP contribution in [0.2, 0.25) is 0 Å². The van der Waals surface area contributed by atoms with Gasteiger partial charge in [0.2, 0.25) is 5.91 Å². The van der Waals surface area contributed by atoms with Gasteiger partial charge in [-0.1, -0.05) is 26.2 Å². The molecule has 2 N–H and O–H groups in total. The zero-order chi connectivity index (χ0) is 18.3. The second kappa shape index (κ2) is 8.74. The lowest BCUT2D eigenvalue weighted by molar-refractivity contribution is -0.128. The van der Waals surface area contributed by atoms with E-state index in [-0.39, 0.29) is 11.8 Å². The first-order chi connectivity index (χ1) is 12.1. The minimum Gasteiger partial charge on any atom is -0.493 e. The summed E-state index contributed by atoms with van der Waals surface area (Å²) in [4.78, 5) is 25.5. The number of hydrogen-bond acceptors (Lipinski definition) is 4. The molecule has 0 aromatic heterocycles. The highest BCUT2D eigenvalue weighted by molar-refractivity contribution is 5.99. The van der Waals surface area contributed by atoms with Crippen molar-refractivity contribution in [2.45, 2.75) is 51.0 Å². The molecule has 1 aliphatic rings. The lowest BCUT2D eigenvalue weighted by Crippen LogP contribution is -2.59. The van der Waals surface area contributed by atoms with Gasteiger partial charge >= 0.3 is 0 Å². The van der Waals surface area contributed by atoms with Crippen LogP contribution in [0.4, 0.5) is 0 Å². The Balaban J connectivity index is 2.20. The molecule has 6 heteroatoms. The van der Waals surface area contributed by atoms with E-state index in [4.69, 9.17) is 9.47 Å². The minimum atomic E-state index is -0.822. The molecular formula is C19H28N2O4. The SMILES string of the molecule is CCCNC(=O)C1(NC(=O)c2ccc(OC)c(OC)c2)CCCCC1. The van der Waals surface area contributed by atoms with Gasteiger partial charge in [0, 0.05) is 12.1 Å². The van der Waals surface area contributed by atoms with E-state index in [1.54, 1.807) is 25.3 Å². The van der Waals surface area contributed by atoms with Crippen molar-refractivity contribution >= 4 is 11.8 Å². The Kier molecular flexibility index (Phi) is 6.67. The average Bonchev–Trinajstić information content (AvgIpc) is 2.66. The van der Waals surface area contributed by atoms with E-state index in [0.717, 1.165) is 25.7 Å². The number of amides is 2. The van der Waals surface area contributed by atoms with Crippen LogP contribution in [0.1, 0.15) is 55.8 Å². The smallest absolute Gasteiger partial charge is 0.252 e. The van der Waals surface area contributed by atoms with Crippen LogP contribution >= 0.6 is 0 Å². The van der Waals surface area contributed by atoms with Gasteiger partial charge < -0.3 is 20.1 Å². The van der Waals surface area contributed by atoms with Gasteiger partial charge in [-0.3, -0.25) is 9.59 Å². The van der Waals surface area contributed by atoms with Crippen LogP contribution in [0.25, 0.3) is 0 Å². The van der Waals surface area contributed by atoms with Crippen LogP contribution in [-0.4, -0.2) is 38.1 Å². The maximum atomic E-state index is 12.8. The van der Waals surface area contributed by atoms with Crippen molar-refractivity contribution in [2.24, 2.45) is 0 Å². The van der Waals surface area contributed by atoms with E-state index in [2.05, 4.69) is 10.6 Å². The molecule has 0 unspecified atom stereocenters. The summed E-state index contributed by atoms with van der Waals surface area (Å²) in [5.41, 5.74) is -0.372. The average molecular weight is 348 g/mol. The first-order valence-corrected chi connectivity index (χ1v) is 8.89. The Morgan fingerprint density at radius 2 is 1.76 bits per heavy atom. The Bertz CT molecular complexity index is 609.